The number of thiocarbonyl (C=S) groups is 1. The lowest BCUT2D eigenvalue weighted by molar-refractivity contribution is 0.460. The van der Waals surface area contributed by atoms with Crippen molar-refractivity contribution in [2.24, 2.45) is 5.73 Å². The Balaban J connectivity index is 2.23. The van der Waals surface area contributed by atoms with Gasteiger partial charge in [0.1, 0.15) is 15.0 Å². The van der Waals surface area contributed by atoms with E-state index in [1.54, 1.807) is 18.5 Å². The number of nitrogens with zero attached hydrogens (tertiary/aromatic N) is 2. The van der Waals surface area contributed by atoms with Gasteiger partial charge in [-0.25, -0.2) is 13.4 Å². The molecule has 2 rings (SSSR count). The number of hydrogen-bond donors (Lipinski definition) is 2. The van der Waals surface area contributed by atoms with Gasteiger partial charge in [-0.05, 0) is 12.1 Å². The third-order valence-corrected chi connectivity index (χ3v) is 6.15. The predicted octanol–water partition coefficient (Wildman–Crippen LogP) is 0.926. The summed E-state index contributed by atoms with van der Waals surface area (Å²) in [6.07, 6.45) is 3.22. The van der Waals surface area contributed by atoms with Crippen molar-refractivity contribution in [3.63, 3.8) is 0 Å². The third kappa shape index (κ3) is 3.00. The van der Waals surface area contributed by atoms with E-state index in [-0.39, 0.29) is 15.7 Å². The summed E-state index contributed by atoms with van der Waals surface area (Å²) in [6.45, 7) is 0.176. The first-order chi connectivity index (χ1) is 8.91. The minimum atomic E-state index is -3.55. The molecule has 102 valence electrons. The summed E-state index contributed by atoms with van der Waals surface area (Å²) in [6, 6.07) is 3.12. The minimum Gasteiger partial charge on any atom is -0.389 e. The second kappa shape index (κ2) is 5.37. The van der Waals surface area contributed by atoms with Gasteiger partial charge in [0.15, 0.2) is 0 Å². The molecule has 2 aromatic rings. The van der Waals surface area contributed by atoms with Crippen LogP contribution in [0.5, 0.6) is 0 Å². The Labute approximate surface area is 120 Å². The summed E-state index contributed by atoms with van der Waals surface area (Å²) in [5, 5.41) is 0. The van der Waals surface area contributed by atoms with Crippen molar-refractivity contribution in [3.8, 4) is 0 Å². The number of aromatic amines is 1. The highest BCUT2D eigenvalue weighted by Gasteiger charge is 2.23. The molecule has 19 heavy (non-hydrogen) atoms. The Morgan fingerprint density at radius 3 is 2.84 bits per heavy atom. The van der Waals surface area contributed by atoms with E-state index in [1.807, 2.05) is 0 Å². The molecule has 0 saturated heterocycles. The van der Waals surface area contributed by atoms with Crippen LogP contribution >= 0.6 is 23.6 Å². The zero-order valence-electron chi connectivity index (χ0n) is 10.0. The molecule has 6 nitrogen and oxygen atoms in total. The molecule has 0 radical (unpaired) electrons. The molecule has 0 amide bonds. The Kier molecular flexibility index (Phi) is 3.99. The van der Waals surface area contributed by atoms with E-state index in [0.717, 1.165) is 11.3 Å². The first kappa shape index (κ1) is 14.1. The van der Waals surface area contributed by atoms with E-state index in [0.29, 0.717) is 10.7 Å². The Hall–Kier alpha value is -1.29. The quantitative estimate of drug-likeness (QED) is 0.801. The van der Waals surface area contributed by atoms with Gasteiger partial charge in [-0.2, -0.15) is 4.31 Å². The zero-order valence-corrected chi connectivity index (χ0v) is 12.5. The van der Waals surface area contributed by atoms with E-state index >= 15 is 0 Å². The van der Waals surface area contributed by atoms with Crippen LogP contribution in [0.4, 0.5) is 0 Å². The summed E-state index contributed by atoms with van der Waals surface area (Å²) in [4.78, 5) is 7.64. The van der Waals surface area contributed by atoms with Crippen LogP contribution in [0.25, 0.3) is 0 Å². The van der Waals surface area contributed by atoms with E-state index in [1.165, 1.54) is 17.4 Å². The normalized spacial score (nSPS) is 11.9. The molecule has 9 heteroatoms. The first-order valence-electron chi connectivity index (χ1n) is 5.25. The smallest absolute Gasteiger partial charge is 0.252 e. The lowest BCUT2D eigenvalue weighted by atomic mass is 10.5. The molecule has 0 aliphatic rings. The van der Waals surface area contributed by atoms with E-state index < -0.39 is 10.0 Å². The van der Waals surface area contributed by atoms with Crippen LogP contribution in [0.3, 0.4) is 0 Å². The van der Waals surface area contributed by atoms with Crippen molar-refractivity contribution < 1.29 is 8.42 Å². The fourth-order valence-electron chi connectivity index (χ4n) is 1.43. The number of sulfonamides is 1. The van der Waals surface area contributed by atoms with Crippen LogP contribution in [0.2, 0.25) is 0 Å². The number of H-pyrrole nitrogens is 1. The van der Waals surface area contributed by atoms with Gasteiger partial charge < -0.3 is 10.7 Å². The summed E-state index contributed by atoms with van der Waals surface area (Å²) in [5.41, 5.74) is 5.47. The fraction of sp³-hybridized carbons (Fsp3) is 0.200. The van der Waals surface area contributed by atoms with E-state index in [2.05, 4.69) is 9.97 Å². The van der Waals surface area contributed by atoms with Crippen LogP contribution in [0.1, 0.15) is 10.7 Å². The highest BCUT2D eigenvalue weighted by atomic mass is 32.2. The molecule has 0 fully saturated rings. The molecule has 3 N–H and O–H groups in total. The monoisotopic (exact) mass is 316 g/mol. The predicted molar refractivity (Wildman–Crippen MR) is 77.4 cm³/mol. The summed E-state index contributed by atoms with van der Waals surface area (Å²) >= 11 is 5.88. The summed E-state index contributed by atoms with van der Waals surface area (Å²) in [7, 11) is -2.05. The number of hydrogen-bond acceptors (Lipinski definition) is 5. The molecule has 0 aliphatic carbocycles. The average molecular weight is 316 g/mol. The van der Waals surface area contributed by atoms with Crippen molar-refractivity contribution in [2.75, 3.05) is 7.05 Å². The van der Waals surface area contributed by atoms with Gasteiger partial charge in [0.05, 0.1) is 11.4 Å². The largest absolute Gasteiger partial charge is 0.389 e. The number of aromatic nitrogens is 2. The Morgan fingerprint density at radius 2 is 2.32 bits per heavy atom. The molecule has 0 atom stereocenters. The lowest BCUT2D eigenvalue weighted by Crippen LogP contribution is -2.26. The number of imidazole rings is 1. The molecule has 0 unspecified atom stereocenters. The van der Waals surface area contributed by atoms with Gasteiger partial charge in [0.2, 0.25) is 0 Å². The third-order valence-electron chi connectivity index (χ3n) is 2.42. The van der Waals surface area contributed by atoms with Gasteiger partial charge in [0.25, 0.3) is 10.0 Å². The lowest BCUT2D eigenvalue weighted by Gasteiger charge is -2.14. The number of rotatable bonds is 5. The molecule has 2 aromatic heterocycles. The van der Waals surface area contributed by atoms with Gasteiger partial charge in [-0.15, -0.1) is 11.3 Å². The van der Waals surface area contributed by atoms with Crippen molar-refractivity contribution >= 4 is 38.6 Å². The number of thiophene rings is 1. The SMILES string of the molecule is CN(Cc1ncc[nH]1)S(=O)(=O)c1ccc(C(N)=S)s1. The first-order valence-corrected chi connectivity index (χ1v) is 7.92. The Bertz CT molecular complexity index is 675. The molecule has 0 spiro atoms. The zero-order chi connectivity index (χ0) is 14.0. The van der Waals surface area contributed by atoms with Crippen molar-refractivity contribution in [1.82, 2.24) is 14.3 Å². The number of nitrogens with two attached hydrogens (primary N) is 1. The van der Waals surface area contributed by atoms with Crippen molar-refractivity contribution in [1.29, 1.82) is 0 Å². The molecule has 0 aromatic carbocycles. The highest BCUT2D eigenvalue weighted by molar-refractivity contribution is 7.91. The standard InChI is InChI=1S/C10H12N4O2S3/c1-14(6-8-12-4-5-13-8)19(15,16)9-3-2-7(18-9)10(11)17/h2-5H,6H2,1H3,(H2,11,17)(H,12,13). The highest BCUT2D eigenvalue weighted by Crippen LogP contribution is 2.24. The van der Waals surface area contributed by atoms with Crippen LogP contribution in [0, 0.1) is 0 Å². The second-order valence-electron chi connectivity index (χ2n) is 3.78. The Morgan fingerprint density at radius 1 is 1.58 bits per heavy atom. The summed E-state index contributed by atoms with van der Waals surface area (Å²) in [5.74, 6) is 0.581. The topological polar surface area (TPSA) is 92.1 Å². The molecular formula is C10H12N4O2S3. The van der Waals surface area contributed by atoms with Crippen LogP contribution in [-0.4, -0.2) is 34.7 Å². The van der Waals surface area contributed by atoms with Crippen LogP contribution < -0.4 is 5.73 Å². The maximum atomic E-state index is 12.3. The van der Waals surface area contributed by atoms with Crippen molar-refractivity contribution in [3.05, 3.63) is 35.2 Å². The molecule has 0 aliphatic heterocycles. The van der Waals surface area contributed by atoms with E-state index in [9.17, 15) is 8.42 Å². The molecule has 0 bridgehead atoms. The van der Waals surface area contributed by atoms with E-state index in [4.69, 9.17) is 18.0 Å². The molecular weight excluding hydrogens is 304 g/mol. The average Bonchev–Trinajstić information content (AvgIpc) is 2.99. The van der Waals surface area contributed by atoms with Crippen LogP contribution in [0.15, 0.2) is 28.7 Å². The minimum absolute atomic E-state index is 0.176. The van der Waals surface area contributed by atoms with Gasteiger partial charge in [-0.3, -0.25) is 0 Å². The molecule has 2 heterocycles. The fourth-order valence-corrected chi connectivity index (χ4v) is 4.12. The van der Waals surface area contributed by atoms with Gasteiger partial charge >= 0.3 is 0 Å². The van der Waals surface area contributed by atoms with Crippen LogP contribution in [-0.2, 0) is 16.6 Å². The number of nitrogens with one attached hydrogen (secondary N) is 1. The van der Waals surface area contributed by atoms with Gasteiger partial charge in [0, 0.05) is 19.4 Å². The second-order valence-corrected chi connectivity index (χ2v) is 7.58. The molecule has 0 saturated carbocycles. The maximum Gasteiger partial charge on any atom is 0.252 e. The summed E-state index contributed by atoms with van der Waals surface area (Å²) < 4.78 is 26.0. The maximum absolute atomic E-state index is 12.3. The van der Waals surface area contributed by atoms with Crippen molar-refractivity contribution in [2.45, 2.75) is 10.8 Å². The van der Waals surface area contributed by atoms with Gasteiger partial charge in [-0.1, -0.05) is 12.2 Å².